The van der Waals surface area contributed by atoms with Gasteiger partial charge in [0.25, 0.3) is 0 Å². The van der Waals surface area contributed by atoms with E-state index in [0.29, 0.717) is 34.4 Å². The molecule has 26 heavy (non-hydrogen) atoms. The topological polar surface area (TPSA) is 92.0 Å². The van der Waals surface area contributed by atoms with Crippen LogP contribution in [-0.2, 0) is 17.8 Å². The first-order valence-corrected chi connectivity index (χ1v) is 8.32. The maximum Gasteiger partial charge on any atom is 0.132 e. The number of hydrogen-bond donors (Lipinski definition) is 3. The average molecular weight is 353 g/mol. The molecule has 0 aliphatic carbocycles. The van der Waals surface area contributed by atoms with Crippen LogP contribution >= 0.6 is 0 Å². The Hall–Kier alpha value is -2.99. The van der Waals surface area contributed by atoms with Crippen LogP contribution in [0.1, 0.15) is 35.3 Å². The Morgan fingerprint density at radius 3 is 2.77 bits per heavy atom. The molecule has 0 amide bonds. The number of hydrogen-bond acceptors (Lipinski definition) is 6. The van der Waals surface area contributed by atoms with Gasteiger partial charge in [0, 0.05) is 47.0 Å². The van der Waals surface area contributed by atoms with Crippen LogP contribution in [0.2, 0.25) is 0 Å². The fraction of sp³-hybridized carbons (Fsp3) is 0.250. The minimum absolute atomic E-state index is 0.0181. The summed E-state index contributed by atoms with van der Waals surface area (Å²) in [5, 5.41) is 32.8. The van der Waals surface area contributed by atoms with E-state index in [2.05, 4.69) is 4.98 Å². The molecule has 0 fully saturated rings. The lowest BCUT2D eigenvalue weighted by Crippen LogP contribution is -2.02. The summed E-state index contributed by atoms with van der Waals surface area (Å²) in [7, 11) is 1.54. The zero-order valence-electron chi connectivity index (χ0n) is 14.5. The van der Waals surface area contributed by atoms with Gasteiger partial charge in [-0.25, -0.2) is 0 Å². The van der Waals surface area contributed by atoms with Gasteiger partial charge < -0.3 is 24.8 Å². The predicted octanol–water partition coefficient (Wildman–Crippen LogP) is 3.54. The van der Waals surface area contributed by atoms with Crippen LogP contribution in [0.25, 0.3) is 10.8 Å². The van der Waals surface area contributed by atoms with Gasteiger partial charge in [0.1, 0.15) is 23.0 Å². The van der Waals surface area contributed by atoms with Crippen LogP contribution in [0.3, 0.4) is 0 Å². The number of fused-ring (bicyclic) bond motifs is 2. The van der Waals surface area contributed by atoms with E-state index in [4.69, 9.17) is 9.47 Å². The molecule has 0 saturated carbocycles. The Labute approximate surface area is 150 Å². The van der Waals surface area contributed by atoms with Gasteiger partial charge in [-0.2, -0.15) is 0 Å². The van der Waals surface area contributed by atoms with Crippen LogP contribution in [-0.4, -0.2) is 27.4 Å². The molecule has 2 aromatic carbocycles. The summed E-state index contributed by atoms with van der Waals surface area (Å²) >= 11 is 0. The van der Waals surface area contributed by atoms with Crippen molar-refractivity contribution in [3.63, 3.8) is 0 Å². The first-order chi connectivity index (χ1) is 12.5. The zero-order valence-corrected chi connectivity index (χ0v) is 14.5. The van der Waals surface area contributed by atoms with E-state index in [9.17, 15) is 15.3 Å². The molecule has 6 nitrogen and oxygen atoms in total. The van der Waals surface area contributed by atoms with Crippen LogP contribution in [0.5, 0.6) is 23.0 Å². The second kappa shape index (κ2) is 6.07. The molecule has 0 radical (unpaired) electrons. The first-order valence-electron chi connectivity index (χ1n) is 8.32. The van der Waals surface area contributed by atoms with E-state index in [0.717, 1.165) is 10.9 Å². The molecule has 0 bridgehead atoms. The van der Waals surface area contributed by atoms with Crippen molar-refractivity contribution < 1.29 is 24.8 Å². The Bertz CT molecular complexity index is 1010. The molecule has 6 heteroatoms. The number of ether oxygens (including phenoxy) is 2. The van der Waals surface area contributed by atoms with Crippen molar-refractivity contribution in [2.75, 3.05) is 7.11 Å². The van der Waals surface area contributed by atoms with Gasteiger partial charge in [-0.15, -0.1) is 0 Å². The molecule has 1 atom stereocenters. The normalized spacial score (nSPS) is 16.0. The van der Waals surface area contributed by atoms with Crippen molar-refractivity contribution in [1.82, 2.24) is 4.98 Å². The molecule has 0 unspecified atom stereocenters. The molecular weight excluding hydrogens is 334 g/mol. The van der Waals surface area contributed by atoms with Crippen LogP contribution in [0, 0.1) is 0 Å². The lowest BCUT2D eigenvalue weighted by Gasteiger charge is -2.17. The van der Waals surface area contributed by atoms with E-state index < -0.39 is 0 Å². The molecule has 1 aliphatic rings. The Morgan fingerprint density at radius 1 is 1.19 bits per heavy atom. The van der Waals surface area contributed by atoms with Crippen molar-refractivity contribution in [3.05, 3.63) is 52.8 Å². The molecule has 134 valence electrons. The summed E-state index contributed by atoms with van der Waals surface area (Å²) in [4.78, 5) is 4.07. The second-order valence-corrected chi connectivity index (χ2v) is 6.42. The second-order valence-electron chi connectivity index (χ2n) is 6.42. The summed E-state index contributed by atoms with van der Waals surface area (Å²) in [6.07, 6.45) is 3.23. The third-order valence-corrected chi connectivity index (χ3v) is 4.98. The summed E-state index contributed by atoms with van der Waals surface area (Å²) < 4.78 is 11.1. The summed E-state index contributed by atoms with van der Waals surface area (Å²) in [6, 6.07) is 4.96. The van der Waals surface area contributed by atoms with Gasteiger partial charge in [0.05, 0.1) is 19.8 Å². The lowest BCUT2D eigenvalue weighted by atomic mass is 9.91. The van der Waals surface area contributed by atoms with Gasteiger partial charge in [0.15, 0.2) is 0 Å². The van der Waals surface area contributed by atoms with Crippen LogP contribution in [0.15, 0.2) is 30.6 Å². The number of phenolic OH excluding ortho intramolecular Hbond substituents is 3. The number of phenols is 3. The van der Waals surface area contributed by atoms with Crippen LogP contribution < -0.4 is 4.74 Å². The molecule has 3 N–H and O–H groups in total. The summed E-state index contributed by atoms with van der Waals surface area (Å²) in [5.74, 6) is 0.574. The van der Waals surface area contributed by atoms with E-state index in [1.165, 1.54) is 13.2 Å². The van der Waals surface area contributed by atoms with E-state index in [1.54, 1.807) is 18.5 Å². The molecule has 4 rings (SSSR count). The number of benzene rings is 2. The van der Waals surface area contributed by atoms with Crippen molar-refractivity contribution in [2.24, 2.45) is 0 Å². The highest BCUT2D eigenvalue weighted by molar-refractivity contribution is 5.90. The molecule has 2 heterocycles. The number of rotatable bonds is 3. The number of pyridine rings is 1. The smallest absolute Gasteiger partial charge is 0.132 e. The third-order valence-electron chi connectivity index (χ3n) is 4.98. The average Bonchev–Trinajstić information content (AvgIpc) is 3.02. The SMILES string of the molecule is COc1cc2ccncc2c(O)c1Cc1c(O)cc(O)c2c1[C@@H](C)OC2. The molecular formula is C20H19NO5. The van der Waals surface area contributed by atoms with Gasteiger partial charge in [0.2, 0.25) is 0 Å². The fourth-order valence-electron chi connectivity index (χ4n) is 3.65. The number of aromatic nitrogens is 1. The van der Waals surface area contributed by atoms with E-state index in [-0.39, 0.29) is 29.8 Å². The van der Waals surface area contributed by atoms with Crippen LogP contribution in [0.4, 0.5) is 0 Å². The molecule has 0 saturated heterocycles. The van der Waals surface area contributed by atoms with Crippen molar-refractivity contribution in [2.45, 2.75) is 26.1 Å². The molecule has 0 spiro atoms. The third kappa shape index (κ3) is 2.42. The maximum absolute atomic E-state index is 10.8. The monoisotopic (exact) mass is 353 g/mol. The van der Waals surface area contributed by atoms with Crippen molar-refractivity contribution in [3.8, 4) is 23.0 Å². The molecule has 3 aromatic rings. The van der Waals surface area contributed by atoms with Gasteiger partial charge in [-0.05, 0) is 30.0 Å². The number of nitrogens with zero attached hydrogens (tertiary/aromatic N) is 1. The predicted molar refractivity (Wildman–Crippen MR) is 95.7 cm³/mol. The Morgan fingerprint density at radius 2 is 2.00 bits per heavy atom. The largest absolute Gasteiger partial charge is 0.508 e. The maximum atomic E-state index is 10.8. The van der Waals surface area contributed by atoms with Crippen molar-refractivity contribution >= 4 is 10.8 Å². The highest BCUT2D eigenvalue weighted by Gasteiger charge is 2.29. The van der Waals surface area contributed by atoms with Gasteiger partial charge in [-0.1, -0.05) is 0 Å². The number of aromatic hydroxyl groups is 3. The highest BCUT2D eigenvalue weighted by atomic mass is 16.5. The minimum Gasteiger partial charge on any atom is -0.508 e. The van der Waals surface area contributed by atoms with Gasteiger partial charge >= 0.3 is 0 Å². The van der Waals surface area contributed by atoms with E-state index >= 15 is 0 Å². The van der Waals surface area contributed by atoms with Gasteiger partial charge in [-0.3, -0.25) is 4.98 Å². The Balaban J connectivity index is 1.92. The highest BCUT2D eigenvalue weighted by Crippen LogP contribution is 2.45. The fourth-order valence-corrected chi connectivity index (χ4v) is 3.65. The quantitative estimate of drug-likeness (QED) is 0.667. The summed E-state index contributed by atoms with van der Waals surface area (Å²) in [6.45, 7) is 2.16. The molecule has 1 aromatic heterocycles. The lowest BCUT2D eigenvalue weighted by molar-refractivity contribution is 0.0787. The standard InChI is InChI=1S/C20H19NO5/c1-10-19-12(16(22)7-17(23)15(19)9-26-10)6-13-18(25-2)5-11-3-4-21-8-14(11)20(13)24/h3-5,7-8,10,22-24H,6,9H2,1-2H3/t10-/m1/s1. The Kier molecular flexibility index (Phi) is 3.85. The molecule has 1 aliphatic heterocycles. The number of methoxy groups -OCH3 is 1. The van der Waals surface area contributed by atoms with Crippen molar-refractivity contribution in [1.29, 1.82) is 0 Å². The first kappa shape index (κ1) is 16.5. The summed E-state index contributed by atoms with van der Waals surface area (Å²) in [5.41, 5.74) is 2.59. The zero-order chi connectivity index (χ0) is 18.4. The van der Waals surface area contributed by atoms with E-state index in [1.807, 2.05) is 13.0 Å². The minimum atomic E-state index is -0.256.